The average Bonchev–Trinajstić information content (AvgIpc) is 2.67. The number of nitrogens with one attached hydrogen (secondary N) is 1. The molecule has 0 spiro atoms. The highest BCUT2D eigenvalue weighted by molar-refractivity contribution is 7.11. The molecular formula is C10H17N3O3S. The van der Waals surface area contributed by atoms with Crippen LogP contribution in [-0.2, 0) is 9.47 Å². The summed E-state index contributed by atoms with van der Waals surface area (Å²) in [7, 11) is 2.97. The van der Waals surface area contributed by atoms with Gasteiger partial charge in [0, 0.05) is 19.8 Å². The van der Waals surface area contributed by atoms with Crippen molar-refractivity contribution >= 4 is 28.3 Å². The molecule has 0 aliphatic rings. The number of hydrogen-bond donors (Lipinski definition) is 2. The lowest BCUT2D eigenvalue weighted by Gasteiger charge is -2.13. The van der Waals surface area contributed by atoms with Gasteiger partial charge in [0.1, 0.15) is 10.6 Å². The standard InChI is InChI=1S/C10H17N3O3S/c1-6(4-5-15-2)12-9-7(10(14)16-3)8(11)13-17-9/h6,12H,4-5H2,1-3H3,(H2,11,13). The van der Waals surface area contributed by atoms with Crippen LogP contribution in [0.3, 0.4) is 0 Å². The van der Waals surface area contributed by atoms with E-state index < -0.39 is 5.97 Å². The molecular weight excluding hydrogens is 242 g/mol. The van der Waals surface area contributed by atoms with Gasteiger partial charge < -0.3 is 20.5 Å². The van der Waals surface area contributed by atoms with Crippen LogP contribution in [0.2, 0.25) is 0 Å². The van der Waals surface area contributed by atoms with Gasteiger partial charge >= 0.3 is 5.97 Å². The molecule has 6 nitrogen and oxygen atoms in total. The van der Waals surface area contributed by atoms with E-state index in [1.54, 1.807) is 7.11 Å². The fourth-order valence-corrected chi connectivity index (χ4v) is 2.10. The Labute approximate surface area is 104 Å². The molecule has 0 saturated heterocycles. The zero-order chi connectivity index (χ0) is 12.8. The topological polar surface area (TPSA) is 86.5 Å². The molecule has 0 radical (unpaired) electrons. The van der Waals surface area contributed by atoms with Crippen LogP contribution < -0.4 is 11.1 Å². The van der Waals surface area contributed by atoms with E-state index in [9.17, 15) is 4.79 Å². The fraction of sp³-hybridized carbons (Fsp3) is 0.600. The van der Waals surface area contributed by atoms with Crippen LogP contribution in [0.4, 0.5) is 10.8 Å². The molecule has 96 valence electrons. The number of ether oxygens (including phenoxy) is 2. The van der Waals surface area contributed by atoms with Crippen molar-refractivity contribution in [3.8, 4) is 0 Å². The fourth-order valence-electron chi connectivity index (χ4n) is 1.29. The normalized spacial score (nSPS) is 12.2. The molecule has 0 fully saturated rings. The maximum atomic E-state index is 11.5. The first kappa shape index (κ1) is 13.7. The van der Waals surface area contributed by atoms with Gasteiger partial charge in [0.25, 0.3) is 0 Å². The largest absolute Gasteiger partial charge is 0.465 e. The zero-order valence-electron chi connectivity index (χ0n) is 10.1. The minimum Gasteiger partial charge on any atom is -0.465 e. The van der Waals surface area contributed by atoms with E-state index in [1.165, 1.54) is 7.11 Å². The molecule has 0 aliphatic heterocycles. The van der Waals surface area contributed by atoms with E-state index in [4.69, 9.17) is 10.5 Å². The summed E-state index contributed by atoms with van der Waals surface area (Å²) in [5, 5.41) is 3.81. The Balaban J connectivity index is 2.74. The summed E-state index contributed by atoms with van der Waals surface area (Å²) in [4.78, 5) is 11.5. The number of carbonyl (C=O) groups is 1. The van der Waals surface area contributed by atoms with Crippen LogP contribution in [0.15, 0.2) is 0 Å². The predicted molar refractivity (Wildman–Crippen MR) is 67.4 cm³/mol. The number of carbonyl (C=O) groups excluding carboxylic acids is 1. The van der Waals surface area contributed by atoms with Gasteiger partial charge in [-0.1, -0.05) is 0 Å². The molecule has 0 aromatic carbocycles. The van der Waals surface area contributed by atoms with Gasteiger partial charge in [-0.3, -0.25) is 0 Å². The second-order valence-electron chi connectivity index (χ2n) is 3.59. The summed E-state index contributed by atoms with van der Waals surface area (Å²) < 4.78 is 13.6. The second-order valence-corrected chi connectivity index (χ2v) is 4.36. The highest BCUT2D eigenvalue weighted by atomic mass is 32.1. The summed E-state index contributed by atoms with van der Waals surface area (Å²) in [6.45, 7) is 2.64. The molecule has 1 atom stereocenters. The van der Waals surface area contributed by atoms with Crippen molar-refractivity contribution < 1.29 is 14.3 Å². The van der Waals surface area contributed by atoms with Crippen LogP contribution in [0.25, 0.3) is 0 Å². The van der Waals surface area contributed by atoms with E-state index in [0.29, 0.717) is 17.2 Å². The minimum atomic E-state index is -0.474. The number of methoxy groups -OCH3 is 2. The van der Waals surface area contributed by atoms with Crippen molar-refractivity contribution in [2.24, 2.45) is 0 Å². The van der Waals surface area contributed by atoms with Crippen molar-refractivity contribution in [3.63, 3.8) is 0 Å². The molecule has 0 aliphatic carbocycles. The molecule has 0 bridgehead atoms. The number of rotatable bonds is 6. The van der Waals surface area contributed by atoms with Crippen molar-refractivity contribution in [3.05, 3.63) is 5.56 Å². The number of nitrogens with zero attached hydrogens (tertiary/aromatic N) is 1. The number of anilines is 2. The lowest BCUT2D eigenvalue weighted by atomic mass is 10.2. The van der Waals surface area contributed by atoms with Crippen LogP contribution in [0.1, 0.15) is 23.7 Å². The van der Waals surface area contributed by atoms with Gasteiger partial charge in [0.05, 0.1) is 7.11 Å². The Morgan fingerprint density at radius 2 is 2.29 bits per heavy atom. The minimum absolute atomic E-state index is 0.165. The third kappa shape index (κ3) is 3.57. The molecule has 1 unspecified atom stereocenters. The van der Waals surface area contributed by atoms with Crippen LogP contribution in [0, 0.1) is 0 Å². The Kier molecular flexibility index (Phi) is 5.17. The molecule has 3 N–H and O–H groups in total. The molecule has 0 amide bonds. The third-order valence-corrected chi connectivity index (χ3v) is 3.03. The van der Waals surface area contributed by atoms with Gasteiger partial charge in [0.15, 0.2) is 5.82 Å². The van der Waals surface area contributed by atoms with E-state index >= 15 is 0 Å². The lowest BCUT2D eigenvalue weighted by molar-refractivity contribution is 0.0603. The number of nitrogens with two attached hydrogens (primary N) is 1. The van der Waals surface area contributed by atoms with Gasteiger partial charge in [-0.2, -0.15) is 4.37 Å². The Bertz CT molecular complexity index is 381. The summed E-state index contributed by atoms with van der Waals surface area (Å²) in [5.41, 5.74) is 5.93. The number of esters is 1. The summed E-state index contributed by atoms with van der Waals surface area (Å²) in [5.74, 6) is -0.277. The molecule has 1 rings (SSSR count). The maximum absolute atomic E-state index is 11.5. The molecule has 17 heavy (non-hydrogen) atoms. The highest BCUT2D eigenvalue weighted by Gasteiger charge is 2.20. The monoisotopic (exact) mass is 259 g/mol. The molecule has 1 heterocycles. The van der Waals surface area contributed by atoms with E-state index in [0.717, 1.165) is 18.0 Å². The van der Waals surface area contributed by atoms with Gasteiger partial charge in [-0.25, -0.2) is 4.79 Å². The second kappa shape index (κ2) is 6.41. The number of aromatic nitrogens is 1. The molecule has 1 aromatic rings. The van der Waals surface area contributed by atoms with Gasteiger partial charge in [-0.15, -0.1) is 0 Å². The molecule has 7 heteroatoms. The van der Waals surface area contributed by atoms with Crippen LogP contribution >= 0.6 is 11.5 Å². The van der Waals surface area contributed by atoms with E-state index in [2.05, 4.69) is 14.4 Å². The van der Waals surface area contributed by atoms with Crippen LogP contribution in [0.5, 0.6) is 0 Å². The Morgan fingerprint density at radius 3 is 2.88 bits per heavy atom. The molecule has 1 aromatic heterocycles. The molecule has 0 saturated carbocycles. The third-order valence-electron chi connectivity index (χ3n) is 2.24. The Morgan fingerprint density at radius 1 is 1.59 bits per heavy atom. The van der Waals surface area contributed by atoms with E-state index in [1.807, 2.05) is 6.92 Å². The number of nitrogen functional groups attached to an aromatic ring is 1. The Hall–Kier alpha value is -1.34. The van der Waals surface area contributed by atoms with Crippen LogP contribution in [-0.4, -0.2) is 37.2 Å². The van der Waals surface area contributed by atoms with Crippen molar-refractivity contribution in [2.75, 3.05) is 31.9 Å². The summed E-state index contributed by atoms with van der Waals surface area (Å²) >= 11 is 1.15. The van der Waals surface area contributed by atoms with E-state index in [-0.39, 0.29) is 11.9 Å². The van der Waals surface area contributed by atoms with Crippen molar-refractivity contribution in [2.45, 2.75) is 19.4 Å². The quantitative estimate of drug-likeness (QED) is 0.750. The van der Waals surface area contributed by atoms with Gasteiger partial charge in [-0.05, 0) is 24.9 Å². The smallest absolute Gasteiger partial charge is 0.344 e. The first-order valence-electron chi connectivity index (χ1n) is 5.19. The first-order valence-corrected chi connectivity index (χ1v) is 5.96. The zero-order valence-corrected chi connectivity index (χ0v) is 11.0. The summed E-state index contributed by atoms with van der Waals surface area (Å²) in [6, 6.07) is 0.165. The number of hydrogen-bond acceptors (Lipinski definition) is 7. The van der Waals surface area contributed by atoms with Crippen molar-refractivity contribution in [1.29, 1.82) is 0 Å². The SMILES string of the molecule is COCCC(C)Nc1snc(N)c1C(=O)OC. The first-order chi connectivity index (χ1) is 8.10. The average molecular weight is 259 g/mol. The predicted octanol–water partition coefficient (Wildman–Crippen LogP) is 1.35. The lowest BCUT2D eigenvalue weighted by Crippen LogP contribution is -2.18. The highest BCUT2D eigenvalue weighted by Crippen LogP contribution is 2.28. The summed E-state index contributed by atoms with van der Waals surface area (Å²) in [6.07, 6.45) is 0.828. The maximum Gasteiger partial charge on any atom is 0.344 e. The van der Waals surface area contributed by atoms with Crippen molar-refractivity contribution in [1.82, 2.24) is 4.37 Å². The van der Waals surface area contributed by atoms with Gasteiger partial charge in [0.2, 0.25) is 0 Å².